The lowest BCUT2D eigenvalue weighted by Gasteiger charge is -2.01. The van der Waals surface area contributed by atoms with Crippen LogP contribution in [-0.2, 0) is 0 Å². The molecule has 0 saturated heterocycles. The second kappa shape index (κ2) is 7.19. The van der Waals surface area contributed by atoms with E-state index in [1.54, 1.807) is 55.5 Å². The summed E-state index contributed by atoms with van der Waals surface area (Å²) in [6.07, 6.45) is 1.33. The number of aromatic nitrogens is 2. The highest BCUT2D eigenvalue weighted by Crippen LogP contribution is 2.13. The number of aromatic amines is 1. The molecule has 0 saturated carbocycles. The van der Waals surface area contributed by atoms with Crippen LogP contribution in [0.25, 0.3) is 5.69 Å². The van der Waals surface area contributed by atoms with Crippen LogP contribution in [-0.4, -0.2) is 21.9 Å². The van der Waals surface area contributed by atoms with Crippen molar-refractivity contribution in [2.75, 3.05) is 0 Å². The largest absolute Gasteiger partial charge is 0.295 e. The zero-order chi connectivity index (χ0) is 17.8. The summed E-state index contributed by atoms with van der Waals surface area (Å²) in [6, 6.07) is 15.6. The molecule has 6 nitrogen and oxygen atoms in total. The van der Waals surface area contributed by atoms with Crippen LogP contribution in [0.3, 0.4) is 0 Å². The molecular weight excluding hydrogens is 340 g/mol. The predicted octanol–water partition coefficient (Wildman–Crippen LogP) is 2.89. The first kappa shape index (κ1) is 16.7. The number of carbonyl (C=O) groups is 1. The number of hydrogen-bond acceptors (Lipinski definition) is 3. The van der Waals surface area contributed by atoms with Gasteiger partial charge in [0.15, 0.2) is 0 Å². The van der Waals surface area contributed by atoms with Crippen molar-refractivity contribution < 1.29 is 4.79 Å². The van der Waals surface area contributed by atoms with Crippen LogP contribution in [0.15, 0.2) is 64.5 Å². The Kier molecular flexibility index (Phi) is 4.81. The summed E-state index contributed by atoms with van der Waals surface area (Å²) in [4.78, 5) is 24.5. The van der Waals surface area contributed by atoms with E-state index in [0.29, 0.717) is 27.5 Å². The van der Waals surface area contributed by atoms with Gasteiger partial charge in [-0.1, -0.05) is 35.9 Å². The molecule has 0 spiro atoms. The van der Waals surface area contributed by atoms with Crippen LogP contribution in [0.5, 0.6) is 0 Å². The molecule has 0 aliphatic carbocycles. The fraction of sp³-hybridized carbons (Fsp3) is 0.0556. The number of amides is 1. The fourth-order valence-electron chi connectivity index (χ4n) is 2.32. The third kappa shape index (κ3) is 3.70. The molecule has 0 bridgehead atoms. The Labute approximate surface area is 148 Å². The first-order chi connectivity index (χ1) is 12.1. The van der Waals surface area contributed by atoms with Crippen LogP contribution in [0.1, 0.15) is 21.6 Å². The number of nitrogens with zero attached hydrogens (tertiary/aromatic N) is 2. The molecule has 0 unspecified atom stereocenters. The first-order valence-electron chi connectivity index (χ1n) is 7.52. The number of benzene rings is 2. The molecule has 0 atom stereocenters. The molecule has 0 aliphatic rings. The molecule has 1 heterocycles. The third-order valence-corrected chi connectivity index (χ3v) is 3.81. The SMILES string of the molecule is Cc1[nH]n(-c2cccc(Cl)c2)c(=O)c1/C=N\NC(=O)c1ccccc1. The molecule has 2 aromatic carbocycles. The molecule has 7 heteroatoms. The highest BCUT2D eigenvalue weighted by atomic mass is 35.5. The number of hydrogen-bond donors (Lipinski definition) is 2. The maximum absolute atomic E-state index is 12.5. The molecule has 1 amide bonds. The van der Waals surface area contributed by atoms with E-state index in [4.69, 9.17) is 11.6 Å². The van der Waals surface area contributed by atoms with Gasteiger partial charge in [0.2, 0.25) is 0 Å². The number of H-pyrrole nitrogens is 1. The minimum atomic E-state index is -0.347. The first-order valence-corrected chi connectivity index (χ1v) is 7.90. The van der Waals surface area contributed by atoms with Crippen molar-refractivity contribution in [2.24, 2.45) is 5.10 Å². The maximum atomic E-state index is 12.5. The maximum Gasteiger partial charge on any atom is 0.280 e. The lowest BCUT2D eigenvalue weighted by molar-refractivity contribution is 0.0955. The van der Waals surface area contributed by atoms with Crippen LogP contribution < -0.4 is 11.0 Å². The van der Waals surface area contributed by atoms with Gasteiger partial charge >= 0.3 is 0 Å². The van der Waals surface area contributed by atoms with Crippen LogP contribution in [0.2, 0.25) is 5.02 Å². The third-order valence-electron chi connectivity index (χ3n) is 3.58. The predicted molar refractivity (Wildman–Crippen MR) is 97.6 cm³/mol. The van der Waals surface area contributed by atoms with Crippen molar-refractivity contribution >= 4 is 23.7 Å². The quantitative estimate of drug-likeness (QED) is 0.558. The Hall–Kier alpha value is -3.12. The van der Waals surface area contributed by atoms with Crippen LogP contribution in [0.4, 0.5) is 0 Å². The Balaban J connectivity index is 1.82. The molecular formula is C18H15ClN4O2. The highest BCUT2D eigenvalue weighted by Gasteiger charge is 2.11. The van der Waals surface area contributed by atoms with Gasteiger partial charge < -0.3 is 0 Å². The van der Waals surface area contributed by atoms with E-state index >= 15 is 0 Å². The lowest BCUT2D eigenvalue weighted by Crippen LogP contribution is -2.20. The second-order valence-corrected chi connectivity index (χ2v) is 5.77. The minimum absolute atomic E-state index is 0.280. The topological polar surface area (TPSA) is 79.2 Å². The molecule has 2 N–H and O–H groups in total. The van der Waals surface area contributed by atoms with Crippen molar-refractivity contribution in [3.05, 3.63) is 86.8 Å². The van der Waals surface area contributed by atoms with Gasteiger partial charge in [-0.15, -0.1) is 0 Å². The number of hydrazone groups is 1. The monoisotopic (exact) mass is 354 g/mol. The van der Waals surface area contributed by atoms with E-state index in [1.807, 2.05) is 6.07 Å². The van der Waals surface area contributed by atoms with Gasteiger partial charge in [0.25, 0.3) is 11.5 Å². The zero-order valence-electron chi connectivity index (χ0n) is 13.4. The summed E-state index contributed by atoms with van der Waals surface area (Å²) in [5.74, 6) is -0.347. The average Bonchev–Trinajstić information content (AvgIpc) is 2.90. The van der Waals surface area contributed by atoms with Gasteiger partial charge in [0.1, 0.15) is 0 Å². The van der Waals surface area contributed by atoms with Gasteiger partial charge in [0.05, 0.1) is 17.5 Å². The molecule has 0 fully saturated rings. The highest BCUT2D eigenvalue weighted by molar-refractivity contribution is 6.30. The van der Waals surface area contributed by atoms with E-state index in [2.05, 4.69) is 15.6 Å². The molecule has 126 valence electrons. The molecule has 0 radical (unpaired) electrons. The smallest absolute Gasteiger partial charge is 0.280 e. The normalized spacial score (nSPS) is 11.0. The van der Waals surface area contributed by atoms with Gasteiger partial charge in [-0.2, -0.15) is 5.10 Å². The number of nitrogens with one attached hydrogen (secondary N) is 2. The van der Waals surface area contributed by atoms with E-state index < -0.39 is 0 Å². The molecule has 0 aliphatic heterocycles. The summed E-state index contributed by atoms with van der Waals surface area (Å²) in [7, 11) is 0. The average molecular weight is 355 g/mol. The zero-order valence-corrected chi connectivity index (χ0v) is 14.1. The van der Waals surface area contributed by atoms with Gasteiger partial charge in [0, 0.05) is 16.3 Å². The van der Waals surface area contributed by atoms with Crippen molar-refractivity contribution in [3.8, 4) is 5.69 Å². The van der Waals surface area contributed by atoms with Crippen molar-refractivity contribution in [2.45, 2.75) is 6.92 Å². The summed E-state index contributed by atoms with van der Waals surface area (Å²) >= 11 is 5.97. The molecule has 1 aromatic heterocycles. The number of aryl methyl sites for hydroxylation is 1. The minimum Gasteiger partial charge on any atom is -0.295 e. The van der Waals surface area contributed by atoms with Gasteiger partial charge in [-0.3, -0.25) is 14.7 Å². The summed E-state index contributed by atoms with van der Waals surface area (Å²) in [5, 5.41) is 7.38. The van der Waals surface area contributed by atoms with E-state index in [0.717, 1.165) is 0 Å². The molecule has 3 rings (SSSR count). The molecule has 25 heavy (non-hydrogen) atoms. The van der Waals surface area contributed by atoms with Crippen molar-refractivity contribution in [1.82, 2.24) is 15.2 Å². The van der Waals surface area contributed by atoms with E-state index in [-0.39, 0.29) is 11.5 Å². The number of rotatable bonds is 4. The van der Waals surface area contributed by atoms with E-state index in [1.165, 1.54) is 10.9 Å². The summed E-state index contributed by atoms with van der Waals surface area (Å²) < 4.78 is 1.38. The summed E-state index contributed by atoms with van der Waals surface area (Å²) in [6.45, 7) is 1.75. The number of halogens is 1. The summed E-state index contributed by atoms with van der Waals surface area (Å²) in [5.41, 5.74) is 4.22. The van der Waals surface area contributed by atoms with Crippen LogP contribution in [0, 0.1) is 6.92 Å². The standard InChI is InChI=1S/C18H15ClN4O2/c1-12-16(11-20-21-17(24)13-6-3-2-4-7-13)18(25)23(22-12)15-9-5-8-14(19)10-15/h2-11,22H,1H3,(H,21,24)/b20-11-. The van der Waals surface area contributed by atoms with Crippen LogP contribution >= 0.6 is 11.6 Å². The van der Waals surface area contributed by atoms with Gasteiger partial charge in [-0.25, -0.2) is 10.1 Å². The lowest BCUT2D eigenvalue weighted by atomic mass is 10.2. The van der Waals surface area contributed by atoms with Crippen molar-refractivity contribution in [1.29, 1.82) is 0 Å². The van der Waals surface area contributed by atoms with Gasteiger partial charge in [-0.05, 0) is 37.3 Å². The Morgan fingerprint density at radius 1 is 1.20 bits per heavy atom. The molecule has 3 aromatic rings. The van der Waals surface area contributed by atoms with E-state index in [9.17, 15) is 9.59 Å². The Morgan fingerprint density at radius 3 is 2.68 bits per heavy atom. The Morgan fingerprint density at radius 2 is 1.96 bits per heavy atom. The second-order valence-electron chi connectivity index (χ2n) is 5.34. The fourth-order valence-corrected chi connectivity index (χ4v) is 2.50. The Bertz CT molecular complexity index is 990. The van der Waals surface area contributed by atoms with Crippen molar-refractivity contribution in [3.63, 3.8) is 0 Å². The number of carbonyl (C=O) groups excluding carboxylic acids is 1.